The molecule has 0 bridgehead atoms. The van der Waals surface area contributed by atoms with Gasteiger partial charge in [0.1, 0.15) is 0 Å². The Bertz CT molecular complexity index is 284. The number of ether oxygens (including phenoxy) is 1. The monoisotopic (exact) mass is 262 g/mol. The van der Waals surface area contributed by atoms with E-state index in [1.165, 1.54) is 0 Å². The van der Waals surface area contributed by atoms with E-state index in [0.29, 0.717) is 0 Å². The lowest BCUT2D eigenvalue weighted by atomic mass is 10.1. The van der Waals surface area contributed by atoms with Crippen LogP contribution in [0, 0.1) is 0 Å². The molecular weight excluding hydrogens is 259 g/mol. The number of rotatable bonds is 1. The SMILES string of the molecule is FC1CC(F)(C(F)(F)C(F)(F)F)OC1(F)F. The Hall–Kier alpha value is -0.670. The molecule has 0 radical (unpaired) electrons. The zero-order valence-electron chi connectivity index (χ0n) is 7.09. The minimum atomic E-state index is -6.46. The second-order valence-electron chi connectivity index (χ2n) is 3.14. The molecule has 2 atom stereocenters. The first kappa shape index (κ1) is 13.4. The topological polar surface area (TPSA) is 9.23 Å². The van der Waals surface area contributed by atoms with E-state index in [4.69, 9.17) is 0 Å². The Labute approximate surface area is 82.2 Å². The summed E-state index contributed by atoms with van der Waals surface area (Å²) in [6.45, 7) is 0. The van der Waals surface area contributed by atoms with Gasteiger partial charge in [0.05, 0.1) is 6.42 Å². The van der Waals surface area contributed by atoms with E-state index < -0.39 is 36.7 Å². The molecule has 0 spiro atoms. The fraction of sp³-hybridized carbons (Fsp3) is 1.00. The van der Waals surface area contributed by atoms with Crippen LogP contribution >= 0.6 is 0 Å². The first-order valence-electron chi connectivity index (χ1n) is 3.69. The van der Waals surface area contributed by atoms with Crippen LogP contribution in [0.4, 0.5) is 39.5 Å². The van der Waals surface area contributed by atoms with Crippen molar-refractivity contribution in [3.63, 3.8) is 0 Å². The summed E-state index contributed by atoms with van der Waals surface area (Å²) in [6.07, 6.45) is -17.4. The van der Waals surface area contributed by atoms with Crippen LogP contribution in [-0.4, -0.2) is 30.2 Å². The Kier molecular flexibility index (Phi) is 2.66. The minimum absolute atomic E-state index is 2.40. The van der Waals surface area contributed by atoms with E-state index >= 15 is 0 Å². The molecule has 2 unspecified atom stereocenters. The van der Waals surface area contributed by atoms with E-state index in [0.717, 1.165) is 0 Å². The standard InChI is InChI=1S/C6H3F9O/c7-2-1-3(8,16-4(2,9)10)5(11,12)6(13,14)15/h2H,1H2. The maximum atomic E-state index is 12.9. The van der Waals surface area contributed by atoms with Gasteiger partial charge in [0.15, 0.2) is 6.17 Å². The lowest BCUT2D eigenvalue weighted by Crippen LogP contribution is -2.54. The van der Waals surface area contributed by atoms with E-state index in [1.54, 1.807) is 0 Å². The van der Waals surface area contributed by atoms with Crippen molar-refractivity contribution in [3.8, 4) is 0 Å². The zero-order chi connectivity index (χ0) is 13.0. The number of halogens is 9. The molecule has 0 aliphatic carbocycles. The highest BCUT2D eigenvalue weighted by molar-refractivity contribution is 4.99. The van der Waals surface area contributed by atoms with Gasteiger partial charge in [-0.25, -0.2) is 8.78 Å². The molecule has 0 aromatic heterocycles. The summed E-state index contributed by atoms with van der Waals surface area (Å²) in [5.74, 6) is -11.3. The molecule has 1 aliphatic rings. The number of hydrogen-bond donors (Lipinski definition) is 0. The molecule has 96 valence electrons. The van der Waals surface area contributed by atoms with Crippen molar-refractivity contribution in [1.29, 1.82) is 0 Å². The predicted molar refractivity (Wildman–Crippen MR) is 30.4 cm³/mol. The van der Waals surface area contributed by atoms with Gasteiger partial charge in [-0.2, -0.15) is 30.7 Å². The van der Waals surface area contributed by atoms with Crippen LogP contribution in [0.15, 0.2) is 0 Å². The van der Waals surface area contributed by atoms with Crippen molar-refractivity contribution in [2.24, 2.45) is 0 Å². The van der Waals surface area contributed by atoms with Crippen molar-refractivity contribution < 1.29 is 44.3 Å². The second-order valence-corrected chi connectivity index (χ2v) is 3.14. The highest BCUT2D eigenvalue weighted by Gasteiger charge is 2.79. The fourth-order valence-corrected chi connectivity index (χ4v) is 1.07. The van der Waals surface area contributed by atoms with Gasteiger partial charge >= 0.3 is 18.2 Å². The number of alkyl halides is 9. The first-order chi connectivity index (χ1) is 6.83. The van der Waals surface area contributed by atoms with Crippen molar-refractivity contribution in [2.75, 3.05) is 0 Å². The molecule has 0 amide bonds. The Morgan fingerprint density at radius 2 is 1.44 bits per heavy atom. The summed E-state index contributed by atoms with van der Waals surface area (Å²) < 4.78 is 112. The highest BCUT2D eigenvalue weighted by atomic mass is 19.4. The molecule has 0 N–H and O–H groups in total. The van der Waals surface area contributed by atoms with Crippen LogP contribution in [0.5, 0.6) is 0 Å². The van der Waals surface area contributed by atoms with Crippen LogP contribution in [0.1, 0.15) is 6.42 Å². The molecular formula is C6H3F9O. The van der Waals surface area contributed by atoms with Crippen LogP contribution in [0.3, 0.4) is 0 Å². The second kappa shape index (κ2) is 3.17. The maximum Gasteiger partial charge on any atom is 0.459 e. The molecule has 1 nitrogen and oxygen atoms in total. The van der Waals surface area contributed by atoms with Crippen LogP contribution in [0.25, 0.3) is 0 Å². The highest BCUT2D eigenvalue weighted by Crippen LogP contribution is 2.55. The van der Waals surface area contributed by atoms with Crippen LogP contribution in [0.2, 0.25) is 0 Å². The van der Waals surface area contributed by atoms with Crippen LogP contribution < -0.4 is 0 Å². The summed E-state index contributed by atoms with van der Waals surface area (Å²) >= 11 is 0. The van der Waals surface area contributed by atoms with E-state index in [-0.39, 0.29) is 0 Å². The minimum Gasteiger partial charge on any atom is -0.274 e. The van der Waals surface area contributed by atoms with E-state index in [9.17, 15) is 39.5 Å². The van der Waals surface area contributed by atoms with Crippen molar-refractivity contribution in [1.82, 2.24) is 0 Å². The zero-order valence-corrected chi connectivity index (χ0v) is 7.09. The molecule has 16 heavy (non-hydrogen) atoms. The third kappa shape index (κ3) is 1.72. The van der Waals surface area contributed by atoms with E-state index in [2.05, 4.69) is 4.74 Å². The fourth-order valence-electron chi connectivity index (χ4n) is 1.07. The molecule has 1 fully saturated rings. The average molecular weight is 262 g/mol. The molecule has 1 heterocycles. The number of hydrogen-bond acceptors (Lipinski definition) is 1. The Balaban J connectivity index is 3.07. The smallest absolute Gasteiger partial charge is 0.274 e. The largest absolute Gasteiger partial charge is 0.459 e. The molecule has 1 saturated heterocycles. The Morgan fingerprint density at radius 1 is 1.00 bits per heavy atom. The van der Waals surface area contributed by atoms with Crippen molar-refractivity contribution in [2.45, 2.75) is 36.7 Å². The van der Waals surface area contributed by atoms with Gasteiger partial charge in [-0.3, -0.25) is 4.74 Å². The van der Waals surface area contributed by atoms with Gasteiger partial charge in [0.2, 0.25) is 0 Å². The summed E-state index contributed by atoms with van der Waals surface area (Å²) in [6, 6.07) is 0. The van der Waals surface area contributed by atoms with Gasteiger partial charge in [-0.15, -0.1) is 0 Å². The average Bonchev–Trinajstić information content (AvgIpc) is 2.19. The van der Waals surface area contributed by atoms with Gasteiger partial charge < -0.3 is 0 Å². The molecule has 1 rings (SSSR count). The molecule has 0 aromatic carbocycles. The van der Waals surface area contributed by atoms with Gasteiger partial charge in [-0.05, 0) is 0 Å². The third-order valence-corrected chi connectivity index (χ3v) is 1.93. The molecule has 10 heteroatoms. The lowest BCUT2D eigenvalue weighted by Gasteiger charge is -2.30. The summed E-state index contributed by atoms with van der Waals surface area (Å²) in [5, 5.41) is 0. The van der Waals surface area contributed by atoms with Crippen LogP contribution in [-0.2, 0) is 4.74 Å². The van der Waals surface area contributed by atoms with Crippen molar-refractivity contribution >= 4 is 0 Å². The molecule has 1 aliphatic heterocycles. The Morgan fingerprint density at radius 3 is 1.69 bits per heavy atom. The normalized spacial score (nSPS) is 35.4. The maximum absolute atomic E-state index is 12.9. The lowest BCUT2D eigenvalue weighted by molar-refractivity contribution is -0.408. The first-order valence-corrected chi connectivity index (χ1v) is 3.69. The van der Waals surface area contributed by atoms with Gasteiger partial charge in [0, 0.05) is 0 Å². The van der Waals surface area contributed by atoms with E-state index in [1.807, 2.05) is 0 Å². The van der Waals surface area contributed by atoms with Crippen molar-refractivity contribution in [3.05, 3.63) is 0 Å². The third-order valence-electron chi connectivity index (χ3n) is 1.93. The molecule has 0 saturated carbocycles. The quantitative estimate of drug-likeness (QED) is 0.659. The predicted octanol–water partition coefficient (Wildman–Crippen LogP) is 3.20. The summed E-state index contributed by atoms with van der Waals surface area (Å²) in [5.41, 5.74) is 0. The molecule has 0 aromatic rings. The van der Waals surface area contributed by atoms with Gasteiger partial charge in [-0.1, -0.05) is 0 Å². The van der Waals surface area contributed by atoms with Gasteiger partial charge in [0.25, 0.3) is 5.85 Å². The summed E-state index contributed by atoms with van der Waals surface area (Å²) in [4.78, 5) is 0. The summed E-state index contributed by atoms with van der Waals surface area (Å²) in [7, 11) is 0.